The van der Waals surface area contributed by atoms with Crippen LogP contribution in [0.4, 0.5) is 0 Å². The number of aromatic nitrogens is 1. The topological polar surface area (TPSA) is 65.2 Å². The molecule has 0 unspecified atom stereocenters. The number of primary amides is 1. The molecule has 86 valence electrons. The van der Waals surface area contributed by atoms with E-state index in [-0.39, 0.29) is 5.69 Å². The van der Waals surface area contributed by atoms with Crippen LogP contribution in [-0.2, 0) is 0 Å². The van der Waals surface area contributed by atoms with Crippen molar-refractivity contribution in [3.05, 3.63) is 53.3 Å². The highest BCUT2D eigenvalue weighted by atomic mass is 35.5. The Morgan fingerprint density at radius 2 is 2.06 bits per heavy atom. The minimum absolute atomic E-state index is 0.148. The molecule has 1 aromatic heterocycles. The highest BCUT2D eigenvalue weighted by molar-refractivity contribution is 6.32. The van der Waals surface area contributed by atoms with E-state index in [0.29, 0.717) is 16.5 Å². The number of nitrogens with zero attached hydrogens (tertiary/aromatic N) is 1. The van der Waals surface area contributed by atoms with Gasteiger partial charge in [0.1, 0.15) is 17.2 Å². The Labute approximate surface area is 103 Å². The molecule has 1 heterocycles. The first-order chi connectivity index (χ1) is 8.16. The molecule has 0 atom stereocenters. The Morgan fingerprint density at radius 3 is 2.76 bits per heavy atom. The quantitative estimate of drug-likeness (QED) is 0.908. The highest BCUT2D eigenvalue weighted by Crippen LogP contribution is 2.28. The molecule has 0 fully saturated rings. The van der Waals surface area contributed by atoms with Crippen LogP contribution in [0.25, 0.3) is 0 Å². The number of para-hydroxylation sites is 1. The number of amides is 1. The van der Waals surface area contributed by atoms with Gasteiger partial charge in [0.05, 0.1) is 5.02 Å². The van der Waals surface area contributed by atoms with Crippen molar-refractivity contribution >= 4 is 17.5 Å². The Hall–Kier alpha value is -2.07. The summed E-state index contributed by atoms with van der Waals surface area (Å²) in [4.78, 5) is 14.8. The van der Waals surface area contributed by atoms with Crippen LogP contribution < -0.4 is 10.5 Å². The van der Waals surface area contributed by atoms with Crippen molar-refractivity contribution in [3.8, 4) is 11.5 Å². The fraction of sp³-hybridized carbons (Fsp3) is 0. The number of nitrogens with two attached hydrogens (primary N) is 1. The maximum absolute atomic E-state index is 11.0. The predicted octanol–water partition coefficient (Wildman–Crippen LogP) is 2.63. The average molecular weight is 249 g/mol. The Kier molecular flexibility index (Phi) is 3.25. The number of hydrogen-bond donors (Lipinski definition) is 1. The zero-order valence-corrected chi connectivity index (χ0v) is 9.52. The normalized spacial score (nSPS) is 9.94. The molecular weight excluding hydrogens is 240 g/mol. The lowest BCUT2D eigenvalue weighted by molar-refractivity contribution is 0.0995. The maximum Gasteiger partial charge on any atom is 0.267 e. The van der Waals surface area contributed by atoms with E-state index in [4.69, 9.17) is 22.1 Å². The Morgan fingerprint density at radius 1 is 1.29 bits per heavy atom. The van der Waals surface area contributed by atoms with Crippen LogP contribution in [-0.4, -0.2) is 10.9 Å². The van der Waals surface area contributed by atoms with E-state index in [2.05, 4.69) is 4.98 Å². The van der Waals surface area contributed by atoms with Gasteiger partial charge < -0.3 is 10.5 Å². The summed E-state index contributed by atoms with van der Waals surface area (Å²) in [7, 11) is 0. The summed E-state index contributed by atoms with van der Waals surface area (Å²) in [6, 6.07) is 10.1. The summed E-state index contributed by atoms with van der Waals surface area (Å²) in [6.07, 6.45) is 1.45. The number of hydrogen-bond acceptors (Lipinski definition) is 3. The van der Waals surface area contributed by atoms with Gasteiger partial charge in [0.25, 0.3) is 5.91 Å². The molecular formula is C12H9ClN2O2. The fourth-order valence-corrected chi connectivity index (χ4v) is 1.44. The summed E-state index contributed by atoms with van der Waals surface area (Å²) in [6.45, 7) is 0. The van der Waals surface area contributed by atoms with E-state index in [1.165, 1.54) is 12.3 Å². The lowest BCUT2D eigenvalue weighted by Gasteiger charge is -2.07. The number of pyridine rings is 1. The van der Waals surface area contributed by atoms with Crippen LogP contribution in [0.3, 0.4) is 0 Å². The third-order valence-electron chi connectivity index (χ3n) is 2.05. The molecule has 4 nitrogen and oxygen atoms in total. The molecule has 0 saturated heterocycles. The van der Waals surface area contributed by atoms with Gasteiger partial charge in [-0.2, -0.15) is 0 Å². The Bertz CT molecular complexity index is 558. The van der Waals surface area contributed by atoms with Gasteiger partial charge >= 0.3 is 0 Å². The molecule has 17 heavy (non-hydrogen) atoms. The second-order valence-corrected chi connectivity index (χ2v) is 3.68. The summed E-state index contributed by atoms with van der Waals surface area (Å²) >= 11 is 5.94. The minimum atomic E-state index is -0.602. The van der Waals surface area contributed by atoms with Gasteiger partial charge in [-0.1, -0.05) is 23.7 Å². The molecule has 1 amide bonds. The minimum Gasteiger partial charge on any atom is -0.456 e. The van der Waals surface area contributed by atoms with E-state index in [1.807, 2.05) is 0 Å². The SMILES string of the molecule is NC(=O)c1cc(Oc2ccccc2Cl)ccn1. The Balaban J connectivity index is 2.28. The van der Waals surface area contributed by atoms with Gasteiger partial charge in [0, 0.05) is 12.3 Å². The fourth-order valence-electron chi connectivity index (χ4n) is 1.26. The van der Waals surface area contributed by atoms with Crippen LogP contribution in [0.5, 0.6) is 11.5 Å². The first kappa shape index (κ1) is 11.4. The lowest BCUT2D eigenvalue weighted by Crippen LogP contribution is -2.12. The molecule has 2 rings (SSSR count). The molecule has 0 radical (unpaired) electrons. The predicted molar refractivity (Wildman–Crippen MR) is 64.3 cm³/mol. The van der Waals surface area contributed by atoms with Crippen molar-refractivity contribution < 1.29 is 9.53 Å². The molecule has 2 aromatic rings. The number of halogens is 1. The first-order valence-corrected chi connectivity index (χ1v) is 5.23. The van der Waals surface area contributed by atoms with Crippen LogP contribution in [0.1, 0.15) is 10.5 Å². The number of benzene rings is 1. The van der Waals surface area contributed by atoms with Gasteiger partial charge in [-0.3, -0.25) is 9.78 Å². The number of carbonyl (C=O) groups is 1. The van der Waals surface area contributed by atoms with Crippen molar-refractivity contribution in [1.82, 2.24) is 4.98 Å². The van der Waals surface area contributed by atoms with Crippen LogP contribution in [0.2, 0.25) is 5.02 Å². The van der Waals surface area contributed by atoms with Crippen LogP contribution in [0, 0.1) is 0 Å². The standard InChI is InChI=1S/C12H9ClN2O2/c13-9-3-1-2-4-11(9)17-8-5-6-15-10(7-8)12(14)16/h1-7H,(H2,14,16). The van der Waals surface area contributed by atoms with E-state index < -0.39 is 5.91 Å². The third kappa shape index (κ3) is 2.73. The monoisotopic (exact) mass is 248 g/mol. The molecule has 0 bridgehead atoms. The van der Waals surface area contributed by atoms with E-state index >= 15 is 0 Å². The molecule has 5 heteroatoms. The van der Waals surface area contributed by atoms with Gasteiger partial charge in [0.15, 0.2) is 0 Å². The van der Waals surface area contributed by atoms with Crippen molar-refractivity contribution in [2.24, 2.45) is 5.73 Å². The smallest absolute Gasteiger partial charge is 0.267 e. The molecule has 0 aliphatic rings. The molecule has 0 spiro atoms. The van der Waals surface area contributed by atoms with Crippen molar-refractivity contribution in [3.63, 3.8) is 0 Å². The summed E-state index contributed by atoms with van der Waals surface area (Å²) in [5.74, 6) is 0.368. The van der Waals surface area contributed by atoms with Gasteiger partial charge in [-0.15, -0.1) is 0 Å². The largest absolute Gasteiger partial charge is 0.456 e. The lowest BCUT2D eigenvalue weighted by atomic mass is 10.3. The molecule has 0 saturated carbocycles. The highest BCUT2D eigenvalue weighted by Gasteiger charge is 2.06. The van der Waals surface area contributed by atoms with E-state index in [9.17, 15) is 4.79 Å². The van der Waals surface area contributed by atoms with Gasteiger partial charge in [-0.25, -0.2) is 0 Å². The summed E-state index contributed by atoms with van der Waals surface area (Å²) in [5.41, 5.74) is 5.27. The van der Waals surface area contributed by atoms with Gasteiger partial charge in [-0.05, 0) is 18.2 Å². The second kappa shape index (κ2) is 4.84. The van der Waals surface area contributed by atoms with Crippen molar-refractivity contribution in [1.29, 1.82) is 0 Å². The van der Waals surface area contributed by atoms with Crippen LogP contribution in [0.15, 0.2) is 42.6 Å². The first-order valence-electron chi connectivity index (χ1n) is 4.85. The molecule has 2 N–H and O–H groups in total. The van der Waals surface area contributed by atoms with E-state index in [0.717, 1.165) is 0 Å². The number of carbonyl (C=O) groups excluding carboxylic acids is 1. The van der Waals surface area contributed by atoms with Crippen molar-refractivity contribution in [2.75, 3.05) is 0 Å². The second-order valence-electron chi connectivity index (χ2n) is 3.27. The van der Waals surface area contributed by atoms with Crippen LogP contribution >= 0.6 is 11.6 Å². The maximum atomic E-state index is 11.0. The van der Waals surface area contributed by atoms with Crippen molar-refractivity contribution in [2.45, 2.75) is 0 Å². The van der Waals surface area contributed by atoms with E-state index in [1.54, 1.807) is 30.3 Å². The average Bonchev–Trinajstić information content (AvgIpc) is 2.32. The molecule has 0 aliphatic heterocycles. The van der Waals surface area contributed by atoms with Gasteiger partial charge in [0.2, 0.25) is 0 Å². The number of rotatable bonds is 3. The zero-order chi connectivity index (χ0) is 12.3. The zero-order valence-electron chi connectivity index (χ0n) is 8.76. The third-order valence-corrected chi connectivity index (χ3v) is 2.36. The summed E-state index contributed by atoms with van der Waals surface area (Å²) < 4.78 is 5.52. The number of ether oxygens (including phenoxy) is 1. The summed E-state index contributed by atoms with van der Waals surface area (Å²) in [5, 5.41) is 0.491. The molecule has 0 aliphatic carbocycles. The molecule has 1 aromatic carbocycles.